The number of fused-ring (bicyclic) bond motifs is 4. The summed E-state index contributed by atoms with van der Waals surface area (Å²) in [5, 5.41) is 14.0. The van der Waals surface area contributed by atoms with Gasteiger partial charge in [-0.15, -0.1) is 0 Å². The van der Waals surface area contributed by atoms with Crippen molar-refractivity contribution in [2.24, 2.45) is 18.9 Å². The molecule has 2 fully saturated rings. The van der Waals surface area contributed by atoms with Crippen LogP contribution in [0.25, 0.3) is 0 Å². The highest BCUT2D eigenvalue weighted by Crippen LogP contribution is 2.59. The number of hydrogen-bond acceptors (Lipinski definition) is 5. The zero-order valence-electron chi connectivity index (χ0n) is 20.5. The number of halogens is 4. The minimum atomic E-state index is -1.51. The van der Waals surface area contributed by atoms with Gasteiger partial charge in [-0.25, -0.2) is 0 Å². The van der Waals surface area contributed by atoms with Gasteiger partial charge >= 0.3 is 0 Å². The van der Waals surface area contributed by atoms with E-state index in [2.05, 4.69) is 21.0 Å². The molecule has 2 saturated heterocycles. The van der Waals surface area contributed by atoms with Crippen molar-refractivity contribution in [2.45, 2.75) is 24.4 Å². The van der Waals surface area contributed by atoms with Gasteiger partial charge in [0.15, 0.2) is 0 Å². The fourth-order valence-corrected chi connectivity index (χ4v) is 7.49. The van der Waals surface area contributed by atoms with Crippen LogP contribution in [0.15, 0.2) is 42.6 Å². The molecule has 0 radical (unpaired) electrons. The van der Waals surface area contributed by atoms with E-state index in [9.17, 15) is 14.4 Å². The first-order chi connectivity index (χ1) is 18.6. The Balaban J connectivity index is 1.51. The van der Waals surface area contributed by atoms with Crippen LogP contribution in [0.2, 0.25) is 20.1 Å². The molecule has 4 atom stereocenters. The van der Waals surface area contributed by atoms with Crippen molar-refractivity contribution in [2.75, 3.05) is 22.5 Å². The van der Waals surface area contributed by atoms with E-state index in [0.29, 0.717) is 50.8 Å². The van der Waals surface area contributed by atoms with Gasteiger partial charge < -0.3 is 16.0 Å². The lowest BCUT2D eigenvalue weighted by molar-refractivity contribution is -0.137. The lowest BCUT2D eigenvalue weighted by Gasteiger charge is -2.36. The van der Waals surface area contributed by atoms with Gasteiger partial charge in [0.1, 0.15) is 11.4 Å². The molecule has 9 nitrogen and oxygen atoms in total. The molecule has 4 heterocycles. The van der Waals surface area contributed by atoms with Crippen molar-refractivity contribution in [1.82, 2.24) is 14.7 Å². The number of nitrogens with one attached hydrogen (secondary N) is 3. The first kappa shape index (κ1) is 26.4. The van der Waals surface area contributed by atoms with E-state index in [1.807, 2.05) is 4.90 Å². The Morgan fingerprint density at radius 3 is 2.44 bits per heavy atom. The minimum Gasteiger partial charge on any atom is -0.326 e. The first-order valence-corrected chi connectivity index (χ1v) is 13.8. The van der Waals surface area contributed by atoms with Gasteiger partial charge in [-0.05, 0) is 49.7 Å². The summed E-state index contributed by atoms with van der Waals surface area (Å²) < 4.78 is 1.50. The van der Waals surface area contributed by atoms with E-state index in [0.717, 1.165) is 6.42 Å². The summed E-state index contributed by atoms with van der Waals surface area (Å²) in [6.45, 7) is 0.504. The second-order valence-corrected chi connectivity index (χ2v) is 11.6. The molecule has 1 aromatic heterocycles. The van der Waals surface area contributed by atoms with Crippen molar-refractivity contribution in [3.05, 3.63) is 68.2 Å². The molecule has 3 N–H and O–H groups in total. The van der Waals surface area contributed by atoms with E-state index < -0.39 is 41.1 Å². The molecule has 202 valence electrons. The predicted molar refractivity (Wildman–Crippen MR) is 150 cm³/mol. The first-order valence-electron chi connectivity index (χ1n) is 12.2. The van der Waals surface area contributed by atoms with E-state index in [-0.39, 0.29) is 5.02 Å². The van der Waals surface area contributed by atoms with Crippen LogP contribution in [0.3, 0.4) is 0 Å². The topological polar surface area (TPSA) is 108 Å². The molecular weight excluding hydrogens is 586 g/mol. The SMILES string of the molecule is Cn1nccc1NC(=O)[C@H]1[C@@H](C(=O)Nc2cc(Cl)cc(Cl)c2)[C@H]2CCCN2[C@]12C(=O)Nc1c(Cl)cc(Cl)cc12. The lowest BCUT2D eigenvalue weighted by atomic mass is 9.73. The highest BCUT2D eigenvalue weighted by atomic mass is 35.5. The van der Waals surface area contributed by atoms with E-state index in [1.165, 1.54) is 10.7 Å². The third-order valence-electron chi connectivity index (χ3n) is 7.81. The molecule has 0 aliphatic carbocycles. The lowest BCUT2D eigenvalue weighted by Crippen LogP contribution is -2.54. The predicted octanol–water partition coefficient (Wildman–Crippen LogP) is 5.17. The quantitative estimate of drug-likeness (QED) is 0.379. The maximum atomic E-state index is 14.2. The molecule has 0 unspecified atom stereocenters. The number of hydrogen-bond donors (Lipinski definition) is 3. The molecule has 39 heavy (non-hydrogen) atoms. The molecule has 3 aliphatic rings. The fraction of sp³-hybridized carbons (Fsp3) is 0.308. The Labute approximate surface area is 243 Å². The zero-order valence-corrected chi connectivity index (χ0v) is 23.5. The van der Waals surface area contributed by atoms with Crippen LogP contribution in [-0.2, 0) is 27.0 Å². The maximum absolute atomic E-state index is 14.2. The van der Waals surface area contributed by atoms with Crippen molar-refractivity contribution in [3.63, 3.8) is 0 Å². The smallest absolute Gasteiger partial charge is 0.250 e. The highest BCUT2D eigenvalue weighted by molar-refractivity contribution is 6.38. The standard InChI is InChI=1S/C26H22Cl4N6O3/c1-35-19(4-5-31-35)33-24(38)21-20(23(37)32-15-8-12(27)7-13(28)9-15)18-3-2-6-36(18)26(21)16-10-14(29)11-17(30)22(16)34-25(26)39/h4-5,7-11,18,20-21H,2-3,6H2,1H3,(H,32,37)(H,33,38)(H,34,39)/t18-,20+,21-,26+/m1/s1. The molecular formula is C26H22Cl4N6O3. The van der Waals surface area contributed by atoms with Crippen LogP contribution in [-0.4, -0.2) is 45.0 Å². The summed E-state index contributed by atoms with van der Waals surface area (Å²) in [5.74, 6) is -2.99. The molecule has 0 bridgehead atoms. The molecule has 3 aromatic rings. The minimum absolute atomic E-state index is 0.255. The van der Waals surface area contributed by atoms with Gasteiger partial charge in [0, 0.05) is 45.5 Å². The summed E-state index contributed by atoms with van der Waals surface area (Å²) in [7, 11) is 1.68. The van der Waals surface area contributed by atoms with Crippen LogP contribution >= 0.6 is 46.4 Å². The monoisotopic (exact) mass is 606 g/mol. The average molecular weight is 608 g/mol. The maximum Gasteiger partial charge on any atom is 0.250 e. The molecule has 2 aromatic carbocycles. The van der Waals surface area contributed by atoms with E-state index >= 15 is 0 Å². The summed E-state index contributed by atoms with van der Waals surface area (Å²) in [6.07, 6.45) is 2.90. The number of anilines is 3. The van der Waals surface area contributed by atoms with Gasteiger partial charge in [-0.1, -0.05) is 46.4 Å². The molecule has 6 rings (SSSR count). The number of carbonyl (C=O) groups is 3. The van der Waals surface area contributed by atoms with Crippen LogP contribution < -0.4 is 16.0 Å². The molecule has 1 spiro atoms. The number of rotatable bonds is 4. The van der Waals surface area contributed by atoms with Gasteiger partial charge in [-0.3, -0.25) is 24.0 Å². The number of carbonyl (C=O) groups excluding carboxylic acids is 3. The second-order valence-electron chi connectivity index (χ2n) is 9.91. The van der Waals surface area contributed by atoms with Crippen molar-refractivity contribution in [1.29, 1.82) is 0 Å². The Morgan fingerprint density at radius 2 is 1.74 bits per heavy atom. The largest absolute Gasteiger partial charge is 0.326 e. The Bertz CT molecular complexity index is 1520. The number of nitrogens with zero attached hydrogens (tertiary/aromatic N) is 3. The molecule has 3 aliphatic heterocycles. The number of aryl methyl sites for hydroxylation is 1. The summed E-state index contributed by atoms with van der Waals surface area (Å²) in [5.41, 5.74) is -0.265. The molecule has 0 saturated carbocycles. The summed E-state index contributed by atoms with van der Waals surface area (Å²) in [6, 6.07) is 9.12. The van der Waals surface area contributed by atoms with E-state index in [1.54, 1.807) is 43.6 Å². The fourth-order valence-electron chi connectivity index (χ4n) is 6.42. The highest BCUT2D eigenvalue weighted by Gasteiger charge is 2.71. The third-order valence-corrected chi connectivity index (χ3v) is 8.77. The van der Waals surface area contributed by atoms with Gasteiger partial charge in [-0.2, -0.15) is 5.10 Å². The van der Waals surface area contributed by atoms with Gasteiger partial charge in [0.05, 0.1) is 28.7 Å². The van der Waals surface area contributed by atoms with Crippen molar-refractivity contribution >= 4 is 81.3 Å². The zero-order chi connectivity index (χ0) is 27.6. The van der Waals surface area contributed by atoms with Crippen molar-refractivity contribution < 1.29 is 14.4 Å². The van der Waals surface area contributed by atoms with Crippen LogP contribution in [0.4, 0.5) is 17.2 Å². The van der Waals surface area contributed by atoms with Gasteiger partial charge in [0.2, 0.25) is 11.8 Å². The number of amides is 3. The van der Waals surface area contributed by atoms with E-state index in [4.69, 9.17) is 46.4 Å². The Kier molecular flexibility index (Phi) is 6.55. The average Bonchev–Trinajstić information content (AvgIpc) is 3.60. The molecule has 13 heteroatoms. The molecule has 3 amide bonds. The second kappa shape index (κ2) is 9.67. The van der Waals surface area contributed by atoms with Gasteiger partial charge in [0.25, 0.3) is 5.91 Å². The number of aromatic nitrogens is 2. The number of benzene rings is 2. The third kappa shape index (κ3) is 4.10. The summed E-state index contributed by atoms with van der Waals surface area (Å²) in [4.78, 5) is 44.3. The Hall–Kier alpha value is -2.82. The van der Waals surface area contributed by atoms with Crippen LogP contribution in [0, 0.1) is 11.8 Å². The van der Waals surface area contributed by atoms with Crippen LogP contribution in [0.5, 0.6) is 0 Å². The normalized spacial score (nSPS) is 25.5. The Morgan fingerprint density at radius 1 is 1.03 bits per heavy atom. The summed E-state index contributed by atoms with van der Waals surface area (Å²) >= 11 is 25.3. The van der Waals surface area contributed by atoms with Crippen LogP contribution in [0.1, 0.15) is 18.4 Å². The van der Waals surface area contributed by atoms with Crippen molar-refractivity contribution in [3.8, 4) is 0 Å².